The SMILES string of the molecule is CCNc1ncnc(Cl)c1CC(=O)c1cnc(C)nc1.CCNc1ncnc(Cl)c1N.CCOC(=O)c1cnc(C)nc1.CCl.CCn1c(-c2cnc(C)nc2)nc2c(Cl)ncnc21.Nc1c(Cl)ncnc1Cl. The molecule has 0 aliphatic heterocycles. The van der Waals surface area contributed by atoms with Gasteiger partial charge in [-0.25, -0.2) is 79.6 Å². The van der Waals surface area contributed by atoms with Gasteiger partial charge >= 0.3 is 5.97 Å². The number of fused-ring (bicyclic) bond motifs is 1. The van der Waals surface area contributed by atoms with Gasteiger partial charge in [0.2, 0.25) is 0 Å². The molecule has 0 aliphatic rings. The fourth-order valence-corrected chi connectivity index (χ4v) is 6.17. The number of Topliss-reactive ketones (excluding diaryl/α,β-unsaturated/α-hetero) is 1. The van der Waals surface area contributed by atoms with E-state index in [1.54, 1.807) is 33.2 Å². The number of nitrogens with two attached hydrogens (primary N) is 2. The largest absolute Gasteiger partial charge is 0.462 e. The summed E-state index contributed by atoms with van der Waals surface area (Å²) in [7, 11) is 0. The normalized spacial score (nSPS) is 10.0. The number of ether oxygens (including phenoxy) is 1. The van der Waals surface area contributed by atoms with Crippen LogP contribution in [0.1, 0.15) is 71.4 Å². The van der Waals surface area contributed by atoms with Gasteiger partial charge in [0.15, 0.2) is 37.9 Å². The van der Waals surface area contributed by atoms with Gasteiger partial charge in [0.1, 0.15) is 76.5 Å². The third-order valence-electron chi connectivity index (χ3n) is 8.78. The zero-order valence-electron chi connectivity index (χ0n) is 40.6. The first-order valence-corrected chi connectivity index (χ1v) is 24.1. The van der Waals surface area contributed by atoms with Crippen LogP contribution >= 0.6 is 69.6 Å². The molecule has 23 nitrogen and oxygen atoms in total. The number of aromatic nitrogens is 16. The molecule has 0 aromatic carbocycles. The Bertz CT molecular complexity index is 2970. The van der Waals surface area contributed by atoms with Crippen molar-refractivity contribution in [2.24, 2.45) is 0 Å². The molecule has 0 amide bonds. The van der Waals surface area contributed by atoms with E-state index in [-0.39, 0.29) is 44.5 Å². The number of imidazole rings is 1. The number of ketones is 1. The Hall–Kier alpha value is -6.89. The van der Waals surface area contributed by atoms with Crippen molar-refractivity contribution in [3.8, 4) is 11.4 Å². The van der Waals surface area contributed by atoms with E-state index < -0.39 is 0 Å². The van der Waals surface area contributed by atoms with E-state index in [4.69, 9.17) is 74.2 Å². The lowest BCUT2D eigenvalue weighted by atomic mass is 10.1. The second-order valence-corrected chi connectivity index (χ2v) is 15.5. The smallest absolute Gasteiger partial charge is 0.341 e. The van der Waals surface area contributed by atoms with Crippen molar-refractivity contribution in [2.75, 3.05) is 48.2 Å². The predicted molar refractivity (Wildman–Crippen MR) is 284 cm³/mol. The van der Waals surface area contributed by atoms with Gasteiger partial charge in [0.05, 0.1) is 23.3 Å². The second-order valence-electron chi connectivity index (χ2n) is 13.7. The number of carbonyl (C=O) groups is 2. The van der Waals surface area contributed by atoms with Crippen LogP contribution in [0, 0.1) is 20.8 Å². The van der Waals surface area contributed by atoms with Crippen LogP contribution in [0.2, 0.25) is 25.8 Å². The molecule has 6 N–H and O–H groups in total. The minimum atomic E-state index is -0.377. The van der Waals surface area contributed by atoms with Crippen LogP contribution < -0.4 is 22.1 Å². The number of hydrogen-bond acceptors (Lipinski definition) is 22. The quantitative estimate of drug-likeness (QED) is 0.0407. The number of halogens is 6. The Morgan fingerprint density at radius 2 is 1.00 bits per heavy atom. The lowest BCUT2D eigenvalue weighted by Gasteiger charge is -2.09. The maximum atomic E-state index is 12.2. The van der Waals surface area contributed by atoms with Gasteiger partial charge in [-0.2, -0.15) is 0 Å². The summed E-state index contributed by atoms with van der Waals surface area (Å²) in [6.07, 6.45) is 16.4. The Labute approximate surface area is 450 Å². The molecule has 0 radical (unpaired) electrons. The van der Waals surface area contributed by atoms with Crippen molar-refractivity contribution in [3.05, 3.63) is 122 Å². The van der Waals surface area contributed by atoms with E-state index in [0.29, 0.717) is 69.5 Å². The molecule has 0 fully saturated rings. The molecule has 0 atom stereocenters. The van der Waals surface area contributed by atoms with E-state index in [2.05, 4.69) is 97.0 Å². The van der Waals surface area contributed by atoms with Crippen LogP contribution in [-0.4, -0.2) is 117 Å². The number of aryl methyl sites for hydroxylation is 4. The Morgan fingerprint density at radius 3 is 1.51 bits per heavy atom. The summed E-state index contributed by atoms with van der Waals surface area (Å²) in [4.78, 5) is 82.9. The van der Waals surface area contributed by atoms with E-state index in [1.165, 1.54) is 56.5 Å². The van der Waals surface area contributed by atoms with Crippen LogP contribution in [-0.2, 0) is 17.7 Å². The van der Waals surface area contributed by atoms with E-state index >= 15 is 0 Å². The average Bonchev–Trinajstić information content (AvgIpc) is 3.78. The first kappa shape index (κ1) is 60.4. The van der Waals surface area contributed by atoms with E-state index in [9.17, 15) is 9.59 Å². The van der Waals surface area contributed by atoms with Crippen molar-refractivity contribution in [3.63, 3.8) is 0 Å². The van der Waals surface area contributed by atoms with Crippen LogP contribution in [0.15, 0.2) is 62.5 Å². The molecule has 0 aliphatic carbocycles. The van der Waals surface area contributed by atoms with Crippen molar-refractivity contribution in [2.45, 2.75) is 61.4 Å². The number of esters is 1. The zero-order chi connectivity index (χ0) is 54.0. The number of carbonyl (C=O) groups excluding carboxylic acids is 2. The van der Waals surface area contributed by atoms with Gasteiger partial charge in [-0.1, -0.05) is 58.0 Å². The second kappa shape index (κ2) is 31.5. The molecular weight excluding hydrogens is 1070 g/mol. The first-order chi connectivity index (χ1) is 35.0. The number of hydrogen-bond donors (Lipinski definition) is 4. The van der Waals surface area contributed by atoms with Crippen LogP contribution in [0.5, 0.6) is 0 Å². The average molecular weight is 1120 g/mol. The number of nitrogen functional groups attached to an aromatic ring is 2. The molecule has 0 bridgehead atoms. The maximum Gasteiger partial charge on any atom is 0.341 e. The number of rotatable bonds is 11. The number of anilines is 4. The lowest BCUT2D eigenvalue weighted by molar-refractivity contribution is 0.0525. The molecule has 0 unspecified atom stereocenters. The molecule has 0 saturated carbocycles. The summed E-state index contributed by atoms with van der Waals surface area (Å²) in [6.45, 7) is 15.6. The standard InChI is InChI=1S/C13H14ClN5O.C12H11ClN6.C8H10N2O2.C6H9ClN4.C4H3Cl2N3.CH3Cl/c1-3-15-13-10(12(14)18-7-19-13)4-11(20)9-5-16-8(2)17-6-9;1-3-19-11(8-4-14-7(2)15-5-8)18-9-10(13)16-6-17-12(9)19;1-3-12-8(11)7-4-9-6(2)10-5-7;1-2-9-6-4(8)5(7)10-3-11-6;5-3-2(7)4(6)9-1-8-3;1-2/h5-7H,3-4H2,1-2H3,(H,15,18,19);4-6H,3H2,1-2H3;4-5H,3H2,1-2H3;3H,2,8H2,1H3,(H,9,10,11);1H,7H2;1H3. The molecule has 29 heteroatoms. The van der Waals surface area contributed by atoms with Crippen molar-refractivity contribution in [1.29, 1.82) is 0 Å². The Balaban J connectivity index is 0.000000246. The summed E-state index contributed by atoms with van der Waals surface area (Å²) in [5, 5.41) is 7.32. The lowest BCUT2D eigenvalue weighted by Crippen LogP contribution is -2.11. The molecular formula is C44H50Cl6N20O3. The summed E-state index contributed by atoms with van der Waals surface area (Å²) < 4.78 is 6.72. The van der Waals surface area contributed by atoms with E-state index in [1.807, 2.05) is 32.3 Å². The van der Waals surface area contributed by atoms with E-state index in [0.717, 1.165) is 35.9 Å². The molecule has 8 heterocycles. The fraction of sp³-hybridized carbons (Fsp3) is 0.295. The van der Waals surface area contributed by atoms with Crippen LogP contribution in [0.25, 0.3) is 22.6 Å². The third-order valence-corrected chi connectivity index (χ3v) is 10.3. The highest BCUT2D eigenvalue weighted by molar-refractivity contribution is 6.37. The van der Waals surface area contributed by atoms with Crippen LogP contribution in [0.3, 0.4) is 0 Å². The zero-order valence-corrected chi connectivity index (χ0v) is 45.1. The number of nitrogens with one attached hydrogen (secondary N) is 2. The molecule has 386 valence electrons. The van der Waals surface area contributed by atoms with Crippen molar-refractivity contribution in [1.82, 2.24) is 79.3 Å². The number of nitrogens with zero attached hydrogens (tertiary/aromatic N) is 16. The highest BCUT2D eigenvalue weighted by Gasteiger charge is 2.17. The van der Waals surface area contributed by atoms with Gasteiger partial charge < -0.3 is 31.4 Å². The summed E-state index contributed by atoms with van der Waals surface area (Å²) in [6, 6.07) is 0. The minimum absolute atomic E-state index is 0.106. The van der Waals surface area contributed by atoms with Gasteiger partial charge in [-0.3, -0.25) is 4.79 Å². The topological polar surface area (TPSA) is 318 Å². The highest BCUT2D eigenvalue weighted by atomic mass is 35.5. The molecule has 8 aromatic heterocycles. The monoisotopic (exact) mass is 1120 g/mol. The van der Waals surface area contributed by atoms with Crippen molar-refractivity contribution >= 4 is 116 Å². The third kappa shape index (κ3) is 18.6. The maximum absolute atomic E-state index is 12.2. The molecule has 8 aromatic rings. The molecule has 8 rings (SSSR count). The summed E-state index contributed by atoms with van der Waals surface area (Å²) in [5.74, 6) is 3.40. The fourth-order valence-electron chi connectivity index (χ4n) is 5.35. The Kier molecular flexibility index (Phi) is 26.1. The number of alkyl halides is 1. The summed E-state index contributed by atoms with van der Waals surface area (Å²) >= 11 is 33.3. The highest BCUT2D eigenvalue weighted by Crippen LogP contribution is 2.26. The van der Waals surface area contributed by atoms with Crippen molar-refractivity contribution < 1.29 is 14.3 Å². The Morgan fingerprint density at radius 1 is 0.562 bits per heavy atom. The van der Waals surface area contributed by atoms with Gasteiger partial charge in [-0.05, 0) is 48.5 Å². The van der Waals surface area contributed by atoms with Crippen LogP contribution in [0.4, 0.5) is 23.0 Å². The molecule has 0 saturated heterocycles. The summed E-state index contributed by atoms with van der Waals surface area (Å²) in [5.41, 5.74) is 15.0. The molecule has 73 heavy (non-hydrogen) atoms. The predicted octanol–water partition coefficient (Wildman–Crippen LogP) is 8.68. The van der Waals surface area contributed by atoms with Gasteiger partial charge in [0.25, 0.3) is 0 Å². The molecule has 0 spiro atoms. The minimum Gasteiger partial charge on any atom is -0.462 e. The first-order valence-electron chi connectivity index (χ1n) is 21.5. The van der Waals surface area contributed by atoms with Gasteiger partial charge in [0, 0.05) is 75.2 Å². The van der Waals surface area contributed by atoms with Gasteiger partial charge in [-0.15, -0.1) is 11.6 Å².